The van der Waals surface area contributed by atoms with E-state index in [0.29, 0.717) is 27.2 Å². The molecule has 1 aliphatic heterocycles. The van der Waals surface area contributed by atoms with Gasteiger partial charge in [0.1, 0.15) is 11.9 Å². The number of carbonyl (C=O) groups excluding carboxylic acids is 2. The Morgan fingerprint density at radius 1 is 1.15 bits per heavy atom. The Balaban J connectivity index is 1.66. The standard InChI is InChI=1S/C19H14Cl2N4O2/c20-12-7-5-11(6-8-12)15-9-17-23-18(26)10-16(25(17)24-15)19(27)22-14-4-2-1-3-13(14)21/h1-9,16H,10H2,(H,22,27)(H,23,26)/t16-/m0/s1. The minimum Gasteiger partial charge on any atom is -0.323 e. The van der Waals surface area contributed by atoms with E-state index in [0.717, 1.165) is 5.56 Å². The molecule has 0 unspecified atom stereocenters. The van der Waals surface area contributed by atoms with Gasteiger partial charge in [0, 0.05) is 16.7 Å². The van der Waals surface area contributed by atoms with E-state index < -0.39 is 6.04 Å². The summed E-state index contributed by atoms with van der Waals surface area (Å²) in [4.78, 5) is 24.9. The number of hydrogen-bond acceptors (Lipinski definition) is 3. The van der Waals surface area contributed by atoms with Crippen molar-refractivity contribution in [3.63, 3.8) is 0 Å². The van der Waals surface area contributed by atoms with E-state index in [1.165, 1.54) is 4.68 Å². The van der Waals surface area contributed by atoms with Crippen LogP contribution in [0.5, 0.6) is 0 Å². The van der Waals surface area contributed by atoms with Gasteiger partial charge in [-0.15, -0.1) is 0 Å². The Morgan fingerprint density at radius 2 is 1.89 bits per heavy atom. The number of carbonyl (C=O) groups is 2. The molecule has 3 aromatic rings. The molecule has 0 saturated heterocycles. The van der Waals surface area contributed by atoms with Crippen LogP contribution in [0.25, 0.3) is 11.3 Å². The summed E-state index contributed by atoms with van der Waals surface area (Å²) in [5.74, 6) is -0.134. The molecule has 2 heterocycles. The number of benzene rings is 2. The first-order chi connectivity index (χ1) is 13.0. The Labute approximate surface area is 165 Å². The van der Waals surface area contributed by atoms with Crippen molar-refractivity contribution in [2.45, 2.75) is 12.5 Å². The van der Waals surface area contributed by atoms with Crippen molar-refractivity contribution in [1.82, 2.24) is 9.78 Å². The highest BCUT2D eigenvalue weighted by atomic mass is 35.5. The highest BCUT2D eigenvalue weighted by Gasteiger charge is 2.32. The Bertz CT molecular complexity index is 1030. The maximum Gasteiger partial charge on any atom is 0.249 e. The Hall–Kier alpha value is -2.83. The molecule has 1 aromatic heterocycles. The van der Waals surface area contributed by atoms with E-state index in [-0.39, 0.29) is 18.2 Å². The third kappa shape index (κ3) is 3.54. The van der Waals surface area contributed by atoms with Crippen molar-refractivity contribution < 1.29 is 9.59 Å². The number of nitrogens with one attached hydrogen (secondary N) is 2. The first-order valence-corrected chi connectivity index (χ1v) is 8.97. The van der Waals surface area contributed by atoms with Gasteiger partial charge in [0.05, 0.1) is 22.8 Å². The molecule has 0 saturated carbocycles. The lowest BCUT2D eigenvalue weighted by molar-refractivity contribution is -0.125. The number of halogens is 2. The van der Waals surface area contributed by atoms with E-state index in [2.05, 4.69) is 15.7 Å². The fourth-order valence-corrected chi connectivity index (χ4v) is 3.23. The zero-order chi connectivity index (χ0) is 19.0. The summed E-state index contributed by atoms with van der Waals surface area (Å²) in [6.07, 6.45) is -0.00890. The van der Waals surface area contributed by atoms with E-state index in [1.54, 1.807) is 42.5 Å². The van der Waals surface area contributed by atoms with Crippen molar-refractivity contribution in [3.05, 3.63) is 64.6 Å². The number of rotatable bonds is 3. The van der Waals surface area contributed by atoms with Crippen molar-refractivity contribution in [2.24, 2.45) is 0 Å². The zero-order valence-corrected chi connectivity index (χ0v) is 15.5. The van der Waals surface area contributed by atoms with Gasteiger partial charge < -0.3 is 10.6 Å². The van der Waals surface area contributed by atoms with Crippen LogP contribution < -0.4 is 10.6 Å². The van der Waals surface area contributed by atoms with Crippen LogP contribution in [0.3, 0.4) is 0 Å². The number of aromatic nitrogens is 2. The van der Waals surface area contributed by atoms with Crippen molar-refractivity contribution >= 4 is 46.5 Å². The van der Waals surface area contributed by atoms with E-state index in [9.17, 15) is 9.59 Å². The maximum absolute atomic E-state index is 12.8. The second-order valence-corrected chi connectivity index (χ2v) is 6.95. The topological polar surface area (TPSA) is 76.0 Å². The number of amides is 2. The average Bonchev–Trinajstić information content (AvgIpc) is 3.07. The summed E-state index contributed by atoms with van der Waals surface area (Å²) in [5, 5.41) is 11.1. The van der Waals surface area contributed by atoms with Crippen molar-refractivity contribution in [1.29, 1.82) is 0 Å². The van der Waals surface area contributed by atoms with Crippen molar-refractivity contribution in [3.8, 4) is 11.3 Å². The van der Waals surface area contributed by atoms with Gasteiger partial charge in [-0.3, -0.25) is 9.59 Å². The van der Waals surface area contributed by atoms with Crippen LogP contribution in [0, 0.1) is 0 Å². The molecule has 0 aliphatic carbocycles. The molecule has 136 valence electrons. The fraction of sp³-hybridized carbons (Fsp3) is 0.105. The van der Waals surface area contributed by atoms with Gasteiger partial charge in [0.15, 0.2) is 0 Å². The third-order valence-electron chi connectivity index (χ3n) is 4.25. The smallest absolute Gasteiger partial charge is 0.249 e. The first-order valence-electron chi connectivity index (χ1n) is 8.22. The van der Waals surface area contributed by atoms with Gasteiger partial charge in [0.2, 0.25) is 11.8 Å². The molecule has 2 amide bonds. The van der Waals surface area contributed by atoms with E-state index >= 15 is 0 Å². The quantitative estimate of drug-likeness (QED) is 0.684. The predicted molar refractivity (Wildman–Crippen MR) is 105 cm³/mol. The summed E-state index contributed by atoms with van der Waals surface area (Å²) in [5.41, 5.74) is 1.96. The number of hydrogen-bond donors (Lipinski definition) is 2. The second-order valence-electron chi connectivity index (χ2n) is 6.10. The summed E-state index contributed by atoms with van der Waals surface area (Å²) < 4.78 is 1.53. The number of nitrogens with zero attached hydrogens (tertiary/aromatic N) is 2. The molecule has 2 aromatic carbocycles. The highest BCUT2D eigenvalue weighted by Crippen LogP contribution is 2.31. The number of anilines is 2. The molecule has 0 bridgehead atoms. The lowest BCUT2D eigenvalue weighted by atomic mass is 10.1. The Kier molecular flexibility index (Phi) is 4.59. The van der Waals surface area contributed by atoms with Gasteiger partial charge >= 0.3 is 0 Å². The van der Waals surface area contributed by atoms with Crippen LogP contribution in [0.1, 0.15) is 12.5 Å². The maximum atomic E-state index is 12.8. The van der Waals surface area contributed by atoms with Crippen LogP contribution in [-0.2, 0) is 9.59 Å². The second kappa shape index (κ2) is 7.06. The van der Waals surface area contributed by atoms with Crippen molar-refractivity contribution in [2.75, 3.05) is 10.6 Å². The molecule has 0 fully saturated rings. The zero-order valence-electron chi connectivity index (χ0n) is 13.9. The molecular formula is C19H14Cl2N4O2. The molecule has 0 spiro atoms. The normalized spacial score (nSPS) is 15.8. The molecule has 4 rings (SSSR count). The molecule has 1 atom stereocenters. The number of para-hydroxylation sites is 1. The monoisotopic (exact) mass is 400 g/mol. The van der Waals surface area contributed by atoms with E-state index in [1.807, 2.05) is 12.1 Å². The molecule has 6 nitrogen and oxygen atoms in total. The van der Waals surface area contributed by atoms with Crippen LogP contribution in [-0.4, -0.2) is 21.6 Å². The van der Waals surface area contributed by atoms with E-state index in [4.69, 9.17) is 23.2 Å². The van der Waals surface area contributed by atoms with Crippen LogP contribution in [0.15, 0.2) is 54.6 Å². The lowest BCUT2D eigenvalue weighted by Gasteiger charge is -2.23. The molecule has 2 N–H and O–H groups in total. The average molecular weight is 401 g/mol. The summed E-state index contributed by atoms with van der Waals surface area (Å²) >= 11 is 12.0. The van der Waals surface area contributed by atoms with Gasteiger partial charge in [-0.25, -0.2) is 4.68 Å². The van der Waals surface area contributed by atoms with Crippen LogP contribution in [0.2, 0.25) is 10.0 Å². The van der Waals surface area contributed by atoms with Gasteiger partial charge in [-0.05, 0) is 24.3 Å². The minimum atomic E-state index is -0.772. The first kappa shape index (κ1) is 17.6. The highest BCUT2D eigenvalue weighted by molar-refractivity contribution is 6.33. The Morgan fingerprint density at radius 3 is 2.63 bits per heavy atom. The minimum absolute atomic E-state index is 0.00890. The number of fused-ring (bicyclic) bond motifs is 1. The van der Waals surface area contributed by atoms with Gasteiger partial charge in [-0.1, -0.05) is 47.5 Å². The molecule has 1 aliphatic rings. The molecular weight excluding hydrogens is 387 g/mol. The summed E-state index contributed by atoms with van der Waals surface area (Å²) in [7, 11) is 0. The third-order valence-corrected chi connectivity index (χ3v) is 4.83. The molecule has 8 heteroatoms. The lowest BCUT2D eigenvalue weighted by Crippen LogP contribution is -2.35. The van der Waals surface area contributed by atoms with Crippen LogP contribution >= 0.6 is 23.2 Å². The largest absolute Gasteiger partial charge is 0.323 e. The fourth-order valence-electron chi connectivity index (χ4n) is 2.93. The molecule has 0 radical (unpaired) electrons. The van der Waals surface area contributed by atoms with Gasteiger partial charge in [0.25, 0.3) is 0 Å². The molecule has 27 heavy (non-hydrogen) atoms. The predicted octanol–water partition coefficient (Wildman–Crippen LogP) is 4.38. The SMILES string of the molecule is O=C1C[C@@H](C(=O)Nc2ccccc2Cl)n2nc(-c3ccc(Cl)cc3)cc2N1. The summed E-state index contributed by atoms with van der Waals surface area (Å²) in [6.45, 7) is 0. The summed E-state index contributed by atoms with van der Waals surface area (Å²) in [6, 6.07) is 15.1. The van der Waals surface area contributed by atoms with Gasteiger partial charge in [-0.2, -0.15) is 5.10 Å². The van der Waals surface area contributed by atoms with Crippen LogP contribution in [0.4, 0.5) is 11.5 Å².